The van der Waals surface area contributed by atoms with E-state index in [2.05, 4.69) is 15.6 Å². The van der Waals surface area contributed by atoms with Crippen LogP contribution < -0.4 is 15.5 Å². The lowest BCUT2D eigenvalue weighted by atomic mass is 10.1. The molecule has 0 aliphatic carbocycles. The molecule has 0 saturated carbocycles. The summed E-state index contributed by atoms with van der Waals surface area (Å²) in [5.74, 6) is 0.642. The van der Waals surface area contributed by atoms with E-state index in [0.717, 1.165) is 25.1 Å². The lowest BCUT2D eigenvalue weighted by Gasteiger charge is -2.13. The van der Waals surface area contributed by atoms with Gasteiger partial charge in [0.05, 0.1) is 11.9 Å². The maximum atomic E-state index is 11.8. The number of hydrogen-bond donors (Lipinski definition) is 2. The van der Waals surface area contributed by atoms with Crippen molar-refractivity contribution in [2.75, 3.05) is 30.9 Å². The summed E-state index contributed by atoms with van der Waals surface area (Å²) in [5, 5.41) is 6.14. The van der Waals surface area contributed by atoms with Gasteiger partial charge in [0.15, 0.2) is 0 Å². The number of amides is 1. The highest BCUT2D eigenvalue weighted by Gasteiger charge is 2.17. The Hall–Kier alpha value is -1.62. The molecule has 1 aromatic heterocycles. The first kappa shape index (κ1) is 12.8. The third-order valence-electron chi connectivity index (χ3n) is 3.13. The average Bonchev–Trinajstić information content (AvgIpc) is 2.82. The number of hydrogen-bond acceptors (Lipinski definition) is 4. The zero-order chi connectivity index (χ0) is 13.0. The highest BCUT2D eigenvalue weighted by atomic mass is 16.1. The molecule has 0 radical (unpaired) electrons. The van der Waals surface area contributed by atoms with Crippen molar-refractivity contribution in [3.63, 3.8) is 0 Å². The van der Waals surface area contributed by atoms with Crippen LogP contribution in [-0.4, -0.2) is 37.6 Å². The molecule has 1 aliphatic heterocycles. The SMILES string of the molecule is CN(C)c1ccc(NC(=O)CC2CCCN2)nc1. The highest BCUT2D eigenvalue weighted by molar-refractivity contribution is 5.90. The molecule has 0 aromatic carbocycles. The van der Waals surface area contributed by atoms with Gasteiger partial charge in [0, 0.05) is 26.6 Å². The fraction of sp³-hybridized carbons (Fsp3) is 0.538. The van der Waals surface area contributed by atoms with Crippen LogP contribution in [0.3, 0.4) is 0 Å². The normalized spacial score (nSPS) is 18.7. The zero-order valence-electron chi connectivity index (χ0n) is 10.9. The first-order valence-electron chi connectivity index (χ1n) is 6.32. The van der Waals surface area contributed by atoms with E-state index in [4.69, 9.17) is 0 Å². The van der Waals surface area contributed by atoms with E-state index in [9.17, 15) is 4.79 Å². The molecule has 1 aromatic rings. The molecule has 1 unspecified atom stereocenters. The molecule has 0 spiro atoms. The van der Waals surface area contributed by atoms with Gasteiger partial charge in [-0.3, -0.25) is 4.79 Å². The molecule has 1 aliphatic rings. The first-order valence-corrected chi connectivity index (χ1v) is 6.32. The largest absolute Gasteiger partial charge is 0.376 e. The lowest BCUT2D eigenvalue weighted by molar-refractivity contribution is -0.116. The lowest BCUT2D eigenvalue weighted by Crippen LogP contribution is -2.27. The van der Waals surface area contributed by atoms with E-state index < -0.39 is 0 Å². The van der Waals surface area contributed by atoms with Crippen LogP contribution in [0.5, 0.6) is 0 Å². The molecule has 1 atom stereocenters. The fourth-order valence-corrected chi connectivity index (χ4v) is 2.07. The van der Waals surface area contributed by atoms with Gasteiger partial charge >= 0.3 is 0 Å². The maximum absolute atomic E-state index is 11.8. The van der Waals surface area contributed by atoms with Crippen molar-refractivity contribution in [1.82, 2.24) is 10.3 Å². The van der Waals surface area contributed by atoms with Crippen LogP contribution in [0.25, 0.3) is 0 Å². The monoisotopic (exact) mass is 248 g/mol. The third kappa shape index (κ3) is 3.43. The van der Waals surface area contributed by atoms with Crippen molar-refractivity contribution in [2.45, 2.75) is 25.3 Å². The molecular formula is C13H20N4O. The summed E-state index contributed by atoms with van der Waals surface area (Å²) in [7, 11) is 3.92. The number of nitrogens with zero attached hydrogens (tertiary/aromatic N) is 2. The van der Waals surface area contributed by atoms with Gasteiger partial charge in [-0.1, -0.05) is 0 Å². The van der Waals surface area contributed by atoms with Crippen molar-refractivity contribution >= 4 is 17.4 Å². The third-order valence-corrected chi connectivity index (χ3v) is 3.13. The molecule has 18 heavy (non-hydrogen) atoms. The van der Waals surface area contributed by atoms with Crippen molar-refractivity contribution < 1.29 is 4.79 Å². The van der Waals surface area contributed by atoms with Crippen LogP contribution in [0.2, 0.25) is 0 Å². The fourth-order valence-electron chi connectivity index (χ4n) is 2.07. The molecule has 1 fully saturated rings. The Morgan fingerprint density at radius 3 is 2.94 bits per heavy atom. The van der Waals surface area contributed by atoms with Crippen molar-refractivity contribution in [1.29, 1.82) is 0 Å². The highest BCUT2D eigenvalue weighted by Crippen LogP contribution is 2.13. The van der Waals surface area contributed by atoms with Crippen LogP contribution in [-0.2, 0) is 4.79 Å². The van der Waals surface area contributed by atoms with Crippen LogP contribution in [0.1, 0.15) is 19.3 Å². The topological polar surface area (TPSA) is 57.3 Å². The second-order valence-corrected chi connectivity index (χ2v) is 4.84. The summed E-state index contributed by atoms with van der Waals surface area (Å²) < 4.78 is 0. The predicted molar refractivity (Wildman–Crippen MR) is 72.8 cm³/mol. The van der Waals surface area contributed by atoms with Gasteiger partial charge in [0.1, 0.15) is 5.82 Å². The molecule has 1 amide bonds. The van der Waals surface area contributed by atoms with Crippen LogP contribution in [0.15, 0.2) is 18.3 Å². The minimum atomic E-state index is 0.0273. The van der Waals surface area contributed by atoms with Crippen molar-refractivity contribution in [3.8, 4) is 0 Å². The molecule has 5 heteroatoms. The standard InChI is InChI=1S/C13H20N4O/c1-17(2)11-5-6-12(15-9-11)16-13(18)8-10-4-3-7-14-10/h5-6,9-10,14H,3-4,7-8H2,1-2H3,(H,15,16,18). The second-order valence-electron chi connectivity index (χ2n) is 4.84. The van der Waals surface area contributed by atoms with Gasteiger partial charge in [-0.25, -0.2) is 4.98 Å². The van der Waals surface area contributed by atoms with Crippen LogP contribution in [0, 0.1) is 0 Å². The number of carbonyl (C=O) groups excluding carboxylic acids is 1. The zero-order valence-corrected chi connectivity index (χ0v) is 10.9. The Morgan fingerprint density at radius 1 is 1.56 bits per heavy atom. The Balaban J connectivity index is 1.86. The number of carbonyl (C=O) groups is 1. The second kappa shape index (κ2) is 5.82. The minimum Gasteiger partial charge on any atom is -0.376 e. The quantitative estimate of drug-likeness (QED) is 0.841. The van der Waals surface area contributed by atoms with Crippen LogP contribution in [0.4, 0.5) is 11.5 Å². The van der Waals surface area contributed by atoms with E-state index >= 15 is 0 Å². The average molecular weight is 248 g/mol. The summed E-state index contributed by atoms with van der Waals surface area (Å²) >= 11 is 0. The van der Waals surface area contributed by atoms with Gasteiger partial charge in [-0.15, -0.1) is 0 Å². The van der Waals surface area contributed by atoms with E-state index in [1.807, 2.05) is 31.1 Å². The Kier molecular flexibility index (Phi) is 4.15. The molecule has 5 nitrogen and oxygen atoms in total. The van der Waals surface area contributed by atoms with Crippen molar-refractivity contribution in [3.05, 3.63) is 18.3 Å². The number of nitrogens with one attached hydrogen (secondary N) is 2. The Labute approximate surface area is 108 Å². The molecule has 2 heterocycles. The smallest absolute Gasteiger partial charge is 0.227 e. The van der Waals surface area contributed by atoms with Gasteiger partial charge < -0.3 is 15.5 Å². The summed E-state index contributed by atoms with van der Waals surface area (Å²) in [6, 6.07) is 4.09. The molecular weight excluding hydrogens is 228 g/mol. The Morgan fingerprint density at radius 2 is 2.39 bits per heavy atom. The molecule has 1 saturated heterocycles. The summed E-state index contributed by atoms with van der Waals surface area (Å²) in [6.45, 7) is 1.02. The summed E-state index contributed by atoms with van der Waals surface area (Å²) in [6.07, 6.45) is 4.52. The molecule has 0 bridgehead atoms. The Bertz CT molecular complexity index is 396. The predicted octanol–water partition coefficient (Wildman–Crippen LogP) is 1.23. The maximum Gasteiger partial charge on any atom is 0.227 e. The number of rotatable bonds is 4. The summed E-state index contributed by atoms with van der Waals surface area (Å²) in [4.78, 5) is 18.0. The van der Waals surface area contributed by atoms with Crippen molar-refractivity contribution in [2.24, 2.45) is 0 Å². The van der Waals surface area contributed by atoms with Gasteiger partial charge in [-0.05, 0) is 31.5 Å². The van der Waals surface area contributed by atoms with Gasteiger partial charge in [-0.2, -0.15) is 0 Å². The molecule has 2 rings (SSSR count). The minimum absolute atomic E-state index is 0.0273. The van der Waals surface area contributed by atoms with Crippen LogP contribution >= 0.6 is 0 Å². The van der Waals surface area contributed by atoms with Gasteiger partial charge in [0.2, 0.25) is 5.91 Å². The van der Waals surface area contributed by atoms with E-state index in [0.29, 0.717) is 18.3 Å². The molecule has 98 valence electrons. The first-order chi connectivity index (χ1) is 8.65. The number of pyridine rings is 1. The van der Waals surface area contributed by atoms with Gasteiger partial charge in [0.25, 0.3) is 0 Å². The van der Waals surface area contributed by atoms with E-state index in [1.54, 1.807) is 6.20 Å². The van der Waals surface area contributed by atoms with E-state index in [-0.39, 0.29) is 5.91 Å². The number of aromatic nitrogens is 1. The number of anilines is 2. The molecule has 2 N–H and O–H groups in total. The summed E-state index contributed by atoms with van der Waals surface area (Å²) in [5.41, 5.74) is 1.02. The van der Waals surface area contributed by atoms with E-state index in [1.165, 1.54) is 0 Å².